The van der Waals surface area contributed by atoms with Gasteiger partial charge in [-0.1, -0.05) is 19.1 Å². The van der Waals surface area contributed by atoms with Gasteiger partial charge in [0.2, 0.25) is 10.0 Å². The molecule has 1 heterocycles. The molecule has 8 heteroatoms. The van der Waals surface area contributed by atoms with Crippen LogP contribution < -0.4 is 16.2 Å². The fraction of sp³-hybridized carbons (Fsp3) is 0.533. The highest BCUT2D eigenvalue weighted by Gasteiger charge is 2.22. The van der Waals surface area contributed by atoms with Crippen LogP contribution in [0.2, 0.25) is 0 Å². The van der Waals surface area contributed by atoms with E-state index in [1.165, 1.54) is 25.0 Å². The predicted octanol–water partition coefficient (Wildman–Crippen LogP) is 0.223. The molecule has 0 aliphatic carbocycles. The van der Waals surface area contributed by atoms with Gasteiger partial charge in [0.15, 0.2) is 5.96 Å². The van der Waals surface area contributed by atoms with Gasteiger partial charge in [-0.05, 0) is 43.6 Å². The van der Waals surface area contributed by atoms with Gasteiger partial charge in [0.1, 0.15) is 0 Å². The predicted molar refractivity (Wildman–Crippen MR) is 91.4 cm³/mol. The van der Waals surface area contributed by atoms with Gasteiger partial charge in [-0.15, -0.1) is 0 Å². The Morgan fingerprint density at radius 3 is 2.96 bits per heavy atom. The topological polar surface area (TPSA) is 114 Å². The lowest BCUT2D eigenvalue weighted by molar-refractivity contribution is 0.267. The molecule has 0 aromatic heterocycles. The number of nitrogens with zero attached hydrogens (tertiary/aromatic N) is 2. The normalized spacial score (nSPS) is 19.9. The van der Waals surface area contributed by atoms with Crippen molar-refractivity contribution in [2.24, 2.45) is 15.9 Å². The maximum Gasteiger partial charge on any atom is 0.238 e. The van der Waals surface area contributed by atoms with Crippen LogP contribution in [0.4, 0.5) is 0 Å². The molecule has 1 aromatic rings. The summed E-state index contributed by atoms with van der Waals surface area (Å²) in [4.78, 5) is 6.77. The Bertz CT molecular complexity index is 660. The summed E-state index contributed by atoms with van der Waals surface area (Å²) in [5.41, 5.74) is 6.64. The SMILES string of the molecule is CCN1CCCC1CNC(N)=NCc1cccc(S(N)(=O)=O)c1. The van der Waals surface area contributed by atoms with Gasteiger partial charge in [-0.25, -0.2) is 18.5 Å². The summed E-state index contributed by atoms with van der Waals surface area (Å²) >= 11 is 0. The Morgan fingerprint density at radius 1 is 1.48 bits per heavy atom. The number of primary sulfonamides is 1. The van der Waals surface area contributed by atoms with Gasteiger partial charge < -0.3 is 11.1 Å². The Labute approximate surface area is 137 Å². The molecule has 7 nitrogen and oxygen atoms in total. The Balaban J connectivity index is 1.90. The van der Waals surface area contributed by atoms with Crippen molar-refractivity contribution in [3.05, 3.63) is 29.8 Å². The number of likely N-dealkylation sites (N-methyl/N-ethyl adjacent to an activating group) is 1. The lowest BCUT2D eigenvalue weighted by atomic mass is 10.2. The molecule has 1 aromatic carbocycles. The number of sulfonamides is 1. The number of aliphatic imine (C=N–C) groups is 1. The van der Waals surface area contributed by atoms with Gasteiger partial charge in [-0.3, -0.25) is 4.90 Å². The average molecular weight is 339 g/mol. The van der Waals surface area contributed by atoms with Crippen LogP contribution in [0.3, 0.4) is 0 Å². The third-order valence-electron chi connectivity index (χ3n) is 4.08. The number of nitrogens with two attached hydrogens (primary N) is 2. The molecule has 0 spiro atoms. The monoisotopic (exact) mass is 339 g/mol. The van der Waals surface area contributed by atoms with Gasteiger partial charge in [0.25, 0.3) is 0 Å². The average Bonchev–Trinajstić information content (AvgIpc) is 2.98. The van der Waals surface area contributed by atoms with E-state index in [4.69, 9.17) is 10.9 Å². The largest absolute Gasteiger partial charge is 0.370 e. The van der Waals surface area contributed by atoms with E-state index in [1.807, 2.05) is 0 Å². The first-order valence-corrected chi connectivity index (χ1v) is 9.34. The van der Waals surface area contributed by atoms with Crippen molar-refractivity contribution in [2.45, 2.75) is 37.2 Å². The van der Waals surface area contributed by atoms with E-state index in [1.54, 1.807) is 12.1 Å². The number of likely N-dealkylation sites (tertiary alicyclic amines) is 1. The van der Waals surface area contributed by atoms with Gasteiger partial charge >= 0.3 is 0 Å². The van der Waals surface area contributed by atoms with Crippen molar-refractivity contribution in [1.29, 1.82) is 0 Å². The minimum absolute atomic E-state index is 0.0845. The lowest BCUT2D eigenvalue weighted by Crippen LogP contribution is -2.42. The number of hydrogen-bond acceptors (Lipinski definition) is 4. The smallest absolute Gasteiger partial charge is 0.238 e. The zero-order valence-electron chi connectivity index (χ0n) is 13.4. The minimum atomic E-state index is -3.70. The first-order valence-electron chi connectivity index (χ1n) is 7.79. The molecule has 2 rings (SSSR count). The van der Waals surface area contributed by atoms with Crippen LogP contribution in [0.25, 0.3) is 0 Å². The van der Waals surface area contributed by atoms with Gasteiger partial charge in [0, 0.05) is 12.6 Å². The summed E-state index contributed by atoms with van der Waals surface area (Å²) in [5, 5.41) is 8.27. The summed E-state index contributed by atoms with van der Waals surface area (Å²) in [6.07, 6.45) is 2.39. The second-order valence-electron chi connectivity index (χ2n) is 5.70. The molecule has 5 N–H and O–H groups in total. The number of nitrogens with one attached hydrogen (secondary N) is 1. The van der Waals surface area contributed by atoms with E-state index in [0.717, 1.165) is 25.2 Å². The number of benzene rings is 1. The zero-order chi connectivity index (χ0) is 16.9. The van der Waals surface area contributed by atoms with Crippen molar-refractivity contribution in [3.63, 3.8) is 0 Å². The fourth-order valence-corrected chi connectivity index (χ4v) is 3.40. The van der Waals surface area contributed by atoms with Crippen molar-refractivity contribution >= 4 is 16.0 Å². The quantitative estimate of drug-likeness (QED) is 0.507. The van der Waals surface area contributed by atoms with Crippen molar-refractivity contribution < 1.29 is 8.42 Å². The molecular weight excluding hydrogens is 314 g/mol. The van der Waals surface area contributed by atoms with E-state index in [0.29, 0.717) is 18.5 Å². The summed E-state index contributed by atoms with van der Waals surface area (Å²) in [5.74, 6) is 0.369. The van der Waals surface area contributed by atoms with Crippen molar-refractivity contribution in [3.8, 4) is 0 Å². The Morgan fingerprint density at radius 2 is 2.26 bits per heavy atom. The Kier molecular flexibility index (Phi) is 5.97. The molecule has 23 heavy (non-hydrogen) atoms. The lowest BCUT2D eigenvalue weighted by Gasteiger charge is -2.23. The van der Waals surface area contributed by atoms with Crippen molar-refractivity contribution in [1.82, 2.24) is 10.2 Å². The summed E-state index contributed by atoms with van der Waals surface area (Å²) in [6.45, 7) is 5.43. The van der Waals surface area contributed by atoms with Crippen molar-refractivity contribution in [2.75, 3.05) is 19.6 Å². The number of guanidine groups is 1. The number of hydrogen-bond donors (Lipinski definition) is 3. The molecule has 0 amide bonds. The molecule has 1 saturated heterocycles. The first kappa shape index (κ1) is 17.7. The molecule has 0 bridgehead atoms. The molecule has 1 atom stereocenters. The minimum Gasteiger partial charge on any atom is -0.370 e. The molecular formula is C15H25N5O2S. The van der Waals surface area contributed by atoms with E-state index in [-0.39, 0.29) is 4.90 Å². The molecule has 1 aliphatic rings. The molecule has 1 aliphatic heterocycles. The highest BCUT2D eigenvalue weighted by Crippen LogP contribution is 2.15. The van der Waals surface area contributed by atoms with E-state index >= 15 is 0 Å². The molecule has 128 valence electrons. The summed E-state index contributed by atoms with van der Waals surface area (Å²) in [6, 6.07) is 6.91. The summed E-state index contributed by atoms with van der Waals surface area (Å²) < 4.78 is 22.7. The van der Waals surface area contributed by atoms with Gasteiger partial charge in [-0.2, -0.15) is 0 Å². The van der Waals surface area contributed by atoms with Gasteiger partial charge in [0.05, 0.1) is 11.4 Å². The first-order chi connectivity index (χ1) is 10.9. The van der Waals surface area contributed by atoms with Crippen LogP contribution in [0.1, 0.15) is 25.3 Å². The fourth-order valence-electron chi connectivity index (χ4n) is 2.82. The molecule has 1 fully saturated rings. The highest BCUT2D eigenvalue weighted by atomic mass is 32.2. The maximum atomic E-state index is 11.3. The number of rotatable bonds is 6. The second kappa shape index (κ2) is 7.76. The standard InChI is InChI=1S/C15H25N5O2S/c1-2-20-8-4-6-13(20)11-19-15(16)18-10-12-5-3-7-14(9-12)23(17,21)22/h3,5,7,9,13H,2,4,6,8,10-11H2,1H3,(H3,16,18,19)(H2,17,21,22). The highest BCUT2D eigenvalue weighted by molar-refractivity contribution is 7.89. The molecule has 0 radical (unpaired) electrons. The molecule has 0 saturated carbocycles. The second-order valence-corrected chi connectivity index (χ2v) is 7.26. The van der Waals surface area contributed by atoms with Crippen LogP contribution in [0.15, 0.2) is 34.2 Å². The molecule has 1 unspecified atom stereocenters. The summed E-state index contributed by atoms with van der Waals surface area (Å²) in [7, 11) is -3.70. The van der Waals surface area contributed by atoms with Crippen LogP contribution in [0.5, 0.6) is 0 Å². The van der Waals surface area contributed by atoms with E-state index in [2.05, 4.69) is 22.1 Å². The van der Waals surface area contributed by atoms with Crippen LogP contribution >= 0.6 is 0 Å². The Hall–Kier alpha value is -1.64. The third kappa shape index (κ3) is 5.19. The maximum absolute atomic E-state index is 11.3. The van der Waals surface area contributed by atoms with Crippen LogP contribution in [-0.2, 0) is 16.6 Å². The van der Waals surface area contributed by atoms with Crippen LogP contribution in [0, 0.1) is 0 Å². The zero-order valence-corrected chi connectivity index (χ0v) is 14.2. The van der Waals surface area contributed by atoms with E-state index < -0.39 is 10.0 Å². The third-order valence-corrected chi connectivity index (χ3v) is 4.99. The van der Waals surface area contributed by atoms with Crippen LogP contribution in [-0.4, -0.2) is 45.0 Å². The van der Waals surface area contributed by atoms with E-state index in [9.17, 15) is 8.42 Å².